The van der Waals surface area contributed by atoms with Gasteiger partial charge in [0.1, 0.15) is 11.5 Å². The first kappa shape index (κ1) is 20.2. The molecule has 1 amide bonds. The molecular formula is C16H12Br3ClN2O3. The van der Waals surface area contributed by atoms with Crippen LogP contribution in [0.3, 0.4) is 0 Å². The van der Waals surface area contributed by atoms with Crippen molar-refractivity contribution < 1.29 is 14.6 Å². The van der Waals surface area contributed by atoms with Crippen LogP contribution in [0, 0.1) is 6.92 Å². The number of hydrogen-bond acceptors (Lipinski definition) is 4. The van der Waals surface area contributed by atoms with Crippen molar-refractivity contribution >= 4 is 71.5 Å². The van der Waals surface area contributed by atoms with E-state index >= 15 is 0 Å². The molecule has 0 saturated heterocycles. The molecule has 0 aliphatic rings. The van der Waals surface area contributed by atoms with Gasteiger partial charge in [-0.2, -0.15) is 5.10 Å². The molecule has 2 aromatic carbocycles. The summed E-state index contributed by atoms with van der Waals surface area (Å²) in [6.45, 7) is 1.65. The van der Waals surface area contributed by atoms with Gasteiger partial charge in [0.2, 0.25) is 0 Å². The number of ether oxygens (including phenoxy) is 1. The van der Waals surface area contributed by atoms with Gasteiger partial charge >= 0.3 is 0 Å². The Morgan fingerprint density at radius 1 is 1.32 bits per heavy atom. The fourth-order valence-electron chi connectivity index (χ4n) is 1.83. The molecule has 0 fully saturated rings. The first-order chi connectivity index (χ1) is 11.8. The van der Waals surface area contributed by atoms with Gasteiger partial charge in [-0.3, -0.25) is 4.79 Å². The Morgan fingerprint density at radius 3 is 2.72 bits per heavy atom. The Hall–Kier alpha value is -1.09. The highest BCUT2D eigenvalue weighted by molar-refractivity contribution is 9.11. The Labute approximate surface area is 174 Å². The SMILES string of the molecule is Cc1cc(Cl)ccc1OCC(=O)N/N=C/c1c(Br)cc(Br)c(O)c1Br. The highest BCUT2D eigenvalue weighted by atomic mass is 79.9. The van der Waals surface area contributed by atoms with Gasteiger partial charge in [0.25, 0.3) is 5.91 Å². The van der Waals surface area contributed by atoms with Gasteiger partial charge < -0.3 is 9.84 Å². The van der Waals surface area contributed by atoms with Crippen LogP contribution in [0.5, 0.6) is 11.5 Å². The maximum absolute atomic E-state index is 11.8. The van der Waals surface area contributed by atoms with E-state index in [4.69, 9.17) is 16.3 Å². The second kappa shape index (κ2) is 9.02. The second-order valence-electron chi connectivity index (χ2n) is 4.91. The molecule has 0 aromatic heterocycles. The number of aryl methyl sites for hydroxylation is 1. The zero-order valence-electron chi connectivity index (χ0n) is 12.8. The number of nitrogens with one attached hydrogen (secondary N) is 1. The predicted octanol–water partition coefficient (Wildman–Crippen LogP) is 5.17. The number of halogens is 4. The molecule has 0 aliphatic carbocycles. The van der Waals surface area contributed by atoms with Crippen LogP contribution in [0.4, 0.5) is 0 Å². The topological polar surface area (TPSA) is 70.9 Å². The summed E-state index contributed by atoms with van der Waals surface area (Å²) in [5, 5.41) is 14.4. The van der Waals surface area contributed by atoms with E-state index < -0.39 is 5.91 Å². The predicted molar refractivity (Wildman–Crippen MR) is 109 cm³/mol. The Morgan fingerprint density at radius 2 is 2.04 bits per heavy atom. The fourth-order valence-corrected chi connectivity index (χ4v) is 4.38. The van der Waals surface area contributed by atoms with E-state index in [9.17, 15) is 9.90 Å². The molecule has 25 heavy (non-hydrogen) atoms. The number of phenolic OH excluding ortho intramolecular Hbond substituents is 1. The van der Waals surface area contributed by atoms with Crippen LogP contribution in [0.2, 0.25) is 5.02 Å². The number of benzene rings is 2. The summed E-state index contributed by atoms with van der Waals surface area (Å²) in [6, 6.07) is 6.82. The molecule has 0 saturated carbocycles. The Bertz CT molecular complexity index is 844. The van der Waals surface area contributed by atoms with Crippen LogP contribution in [0.1, 0.15) is 11.1 Å². The lowest BCUT2D eigenvalue weighted by atomic mass is 10.2. The lowest BCUT2D eigenvalue weighted by Gasteiger charge is -2.08. The Kier molecular flexibility index (Phi) is 7.30. The Balaban J connectivity index is 1.96. The number of rotatable bonds is 5. The minimum Gasteiger partial charge on any atom is -0.506 e. The summed E-state index contributed by atoms with van der Waals surface area (Å²) in [7, 11) is 0. The maximum Gasteiger partial charge on any atom is 0.277 e. The number of nitrogens with zero attached hydrogens (tertiary/aromatic N) is 1. The third kappa shape index (κ3) is 5.44. The first-order valence-electron chi connectivity index (χ1n) is 6.87. The average Bonchev–Trinajstić information content (AvgIpc) is 2.55. The molecule has 2 aromatic rings. The van der Waals surface area contributed by atoms with Crippen molar-refractivity contribution in [1.29, 1.82) is 0 Å². The largest absolute Gasteiger partial charge is 0.506 e. The van der Waals surface area contributed by atoms with Crippen molar-refractivity contribution in [2.24, 2.45) is 5.10 Å². The summed E-state index contributed by atoms with van der Waals surface area (Å²) in [6.07, 6.45) is 1.41. The molecule has 0 spiro atoms. The van der Waals surface area contributed by atoms with Crippen LogP contribution >= 0.6 is 59.4 Å². The van der Waals surface area contributed by atoms with E-state index in [1.54, 1.807) is 24.3 Å². The van der Waals surface area contributed by atoms with Gasteiger partial charge in [0, 0.05) is 15.1 Å². The molecule has 9 heteroatoms. The number of amides is 1. The summed E-state index contributed by atoms with van der Waals surface area (Å²) in [5.74, 6) is 0.198. The van der Waals surface area contributed by atoms with Gasteiger partial charge in [-0.05, 0) is 68.6 Å². The van der Waals surface area contributed by atoms with Crippen molar-refractivity contribution in [3.63, 3.8) is 0 Å². The minimum absolute atomic E-state index is 0.0394. The number of carbonyl (C=O) groups is 1. The summed E-state index contributed by atoms with van der Waals surface area (Å²) in [4.78, 5) is 11.8. The van der Waals surface area contributed by atoms with E-state index in [0.717, 1.165) is 5.56 Å². The average molecular weight is 555 g/mol. The van der Waals surface area contributed by atoms with Crippen molar-refractivity contribution in [2.45, 2.75) is 6.92 Å². The zero-order chi connectivity index (χ0) is 18.6. The second-order valence-corrected chi connectivity index (χ2v) is 7.85. The fraction of sp³-hybridized carbons (Fsp3) is 0.125. The molecule has 132 valence electrons. The number of carbonyl (C=O) groups excluding carboxylic acids is 1. The quantitative estimate of drug-likeness (QED) is 0.395. The van der Waals surface area contributed by atoms with E-state index in [-0.39, 0.29) is 12.4 Å². The van der Waals surface area contributed by atoms with Crippen LogP contribution in [-0.2, 0) is 4.79 Å². The molecule has 0 unspecified atom stereocenters. The van der Waals surface area contributed by atoms with E-state index in [1.165, 1.54) is 6.21 Å². The maximum atomic E-state index is 11.8. The lowest BCUT2D eigenvalue weighted by Crippen LogP contribution is -2.24. The van der Waals surface area contributed by atoms with Crippen LogP contribution in [0.25, 0.3) is 0 Å². The highest BCUT2D eigenvalue weighted by Crippen LogP contribution is 2.38. The number of hydrogen-bond donors (Lipinski definition) is 2. The number of phenols is 1. The van der Waals surface area contributed by atoms with Crippen LogP contribution < -0.4 is 10.2 Å². The van der Waals surface area contributed by atoms with E-state index in [2.05, 4.69) is 58.3 Å². The third-order valence-corrected chi connectivity index (χ3v) is 5.36. The first-order valence-corrected chi connectivity index (χ1v) is 9.62. The zero-order valence-corrected chi connectivity index (χ0v) is 18.3. The lowest BCUT2D eigenvalue weighted by molar-refractivity contribution is -0.123. The van der Waals surface area contributed by atoms with Gasteiger partial charge in [-0.15, -0.1) is 0 Å². The van der Waals surface area contributed by atoms with Gasteiger partial charge in [0.05, 0.1) is 15.2 Å². The highest BCUT2D eigenvalue weighted by Gasteiger charge is 2.12. The molecule has 2 rings (SSSR count). The van der Waals surface area contributed by atoms with E-state index in [1.807, 2.05) is 6.92 Å². The standard InChI is InChI=1S/C16H12Br3ClN2O3/c1-8-4-9(20)2-3-13(8)25-7-14(23)22-21-6-10-11(17)5-12(18)16(24)15(10)19/h2-6,24H,7H2,1H3,(H,22,23)/b21-6+. The van der Waals surface area contributed by atoms with Crippen LogP contribution in [0.15, 0.2) is 42.8 Å². The molecule has 2 N–H and O–H groups in total. The smallest absolute Gasteiger partial charge is 0.277 e. The van der Waals surface area contributed by atoms with Gasteiger partial charge in [-0.25, -0.2) is 5.43 Å². The normalized spacial score (nSPS) is 10.9. The monoisotopic (exact) mass is 552 g/mol. The molecule has 0 heterocycles. The molecular weight excluding hydrogens is 543 g/mol. The number of hydrazone groups is 1. The summed E-state index contributed by atoms with van der Waals surface area (Å²) in [5.41, 5.74) is 3.78. The number of aromatic hydroxyl groups is 1. The van der Waals surface area contributed by atoms with Crippen molar-refractivity contribution in [3.05, 3.63) is 53.8 Å². The summed E-state index contributed by atoms with van der Waals surface area (Å²) >= 11 is 15.7. The van der Waals surface area contributed by atoms with Crippen molar-refractivity contribution in [1.82, 2.24) is 5.43 Å². The van der Waals surface area contributed by atoms with Crippen molar-refractivity contribution in [3.8, 4) is 11.5 Å². The molecule has 0 aliphatic heterocycles. The molecule has 0 atom stereocenters. The molecule has 0 bridgehead atoms. The van der Waals surface area contributed by atoms with Gasteiger partial charge in [-0.1, -0.05) is 27.5 Å². The molecule has 5 nitrogen and oxygen atoms in total. The van der Waals surface area contributed by atoms with Crippen LogP contribution in [-0.4, -0.2) is 23.8 Å². The van der Waals surface area contributed by atoms with E-state index in [0.29, 0.717) is 29.8 Å². The van der Waals surface area contributed by atoms with Gasteiger partial charge in [0.15, 0.2) is 6.61 Å². The van der Waals surface area contributed by atoms with Crippen molar-refractivity contribution in [2.75, 3.05) is 6.61 Å². The molecule has 0 radical (unpaired) electrons. The minimum atomic E-state index is -0.417. The summed E-state index contributed by atoms with van der Waals surface area (Å²) < 4.78 is 7.09. The third-order valence-electron chi connectivity index (χ3n) is 3.06.